The van der Waals surface area contributed by atoms with E-state index in [0.29, 0.717) is 12.1 Å². The first-order valence-electron chi connectivity index (χ1n) is 7.00. The molecule has 0 saturated heterocycles. The highest BCUT2D eigenvalue weighted by Crippen LogP contribution is 2.31. The second kappa shape index (κ2) is 5.43. The van der Waals surface area contributed by atoms with Gasteiger partial charge in [0.25, 0.3) is 0 Å². The molecular formula is C16H20N2S. The van der Waals surface area contributed by atoms with Gasteiger partial charge in [-0.05, 0) is 44.2 Å². The maximum atomic E-state index is 4.59. The minimum atomic E-state index is 0.329. The van der Waals surface area contributed by atoms with Crippen LogP contribution in [-0.2, 0) is 6.42 Å². The third kappa shape index (κ3) is 2.72. The molecule has 1 aliphatic carbocycles. The van der Waals surface area contributed by atoms with E-state index >= 15 is 0 Å². The summed E-state index contributed by atoms with van der Waals surface area (Å²) < 4.78 is 0. The number of thiazole rings is 1. The molecule has 1 N–H and O–H groups in total. The van der Waals surface area contributed by atoms with Crippen LogP contribution >= 0.6 is 11.3 Å². The van der Waals surface area contributed by atoms with Crippen LogP contribution in [0.15, 0.2) is 29.6 Å². The summed E-state index contributed by atoms with van der Waals surface area (Å²) in [6.07, 6.45) is 3.73. The van der Waals surface area contributed by atoms with Crippen molar-refractivity contribution in [1.82, 2.24) is 10.3 Å². The molecule has 0 radical (unpaired) electrons. The van der Waals surface area contributed by atoms with E-state index in [1.165, 1.54) is 35.4 Å². The molecule has 0 saturated carbocycles. The average Bonchev–Trinajstić information content (AvgIpc) is 2.86. The number of nitrogens with one attached hydrogen (secondary N) is 1. The molecule has 0 bridgehead atoms. The Kier molecular flexibility index (Phi) is 3.67. The van der Waals surface area contributed by atoms with E-state index in [1.54, 1.807) is 11.3 Å². The van der Waals surface area contributed by atoms with E-state index in [9.17, 15) is 0 Å². The Hall–Kier alpha value is -1.19. The largest absolute Gasteiger partial charge is 0.301 e. The Balaban J connectivity index is 1.77. The second-order valence-corrected chi connectivity index (χ2v) is 6.25. The number of nitrogens with zero attached hydrogens (tertiary/aromatic N) is 1. The zero-order valence-corrected chi connectivity index (χ0v) is 12.3. The van der Waals surface area contributed by atoms with Crippen LogP contribution in [0.4, 0.5) is 0 Å². The molecule has 1 aliphatic rings. The third-order valence-corrected chi connectivity index (χ3v) is 4.97. The van der Waals surface area contributed by atoms with Crippen LogP contribution < -0.4 is 5.32 Å². The third-order valence-electron chi connectivity index (χ3n) is 3.83. The lowest BCUT2D eigenvalue weighted by molar-refractivity contribution is 0.414. The molecule has 1 aromatic heterocycles. The Labute approximate surface area is 118 Å². The van der Waals surface area contributed by atoms with Crippen molar-refractivity contribution in [1.29, 1.82) is 0 Å². The van der Waals surface area contributed by atoms with Crippen molar-refractivity contribution in [2.75, 3.05) is 0 Å². The molecule has 1 aromatic carbocycles. The van der Waals surface area contributed by atoms with E-state index < -0.39 is 0 Å². The molecule has 0 spiro atoms. The van der Waals surface area contributed by atoms with Crippen molar-refractivity contribution < 1.29 is 0 Å². The number of aryl methyl sites for hydroxylation is 2. The van der Waals surface area contributed by atoms with Crippen molar-refractivity contribution in [3.63, 3.8) is 0 Å². The Morgan fingerprint density at radius 1 is 1.37 bits per heavy atom. The minimum Gasteiger partial charge on any atom is -0.301 e. The SMILES string of the molecule is Cc1csc(C(C)NC2CCCc3ccccc32)n1. The summed E-state index contributed by atoms with van der Waals surface area (Å²) in [5.41, 5.74) is 4.11. The van der Waals surface area contributed by atoms with Crippen LogP contribution in [0.3, 0.4) is 0 Å². The maximum Gasteiger partial charge on any atom is 0.110 e. The number of benzene rings is 1. The highest BCUT2D eigenvalue weighted by molar-refractivity contribution is 7.09. The normalized spacial score (nSPS) is 20.0. The number of hydrogen-bond acceptors (Lipinski definition) is 3. The second-order valence-electron chi connectivity index (χ2n) is 5.36. The van der Waals surface area contributed by atoms with E-state index in [2.05, 4.69) is 53.8 Å². The molecule has 2 aromatic rings. The summed E-state index contributed by atoms with van der Waals surface area (Å²) in [6.45, 7) is 4.28. The average molecular weight is 272 g/mol. The molecule has 0 aliphatic heterocycles. The van der Waals surface area contributed by atoms with Crippen LogP contribution in [0.2, 0.25) is 0 Å². The summed E-state index contributed by atoms with van der Waals surface area (Å²) in [4.78, 5) is 4.59. The fourth-order valence-electron chi connectivity index (χ4n) is 2.87. The highest BCUT2D eigenvalue weighted by Gasteiger charge is 2.22. The van der Waals surface area contributed by atoms with E-state index in [0.717, 1.165) is 5.69 Å². The van der Waals surface area contributed by atoms with Gasteiger partial charge in [0.15, 0.2) is 0 Å². The van der Waals surface area contributed by atoms with Crippen LogP contribution in [0.5, 0.6) is 0 Å². The van der Waals surface area contributed by atoms with Crippen LogP contribution in [0.1, 0.15) is 53.7 Å². The van der Waals surface area contributed by atoms with Gasteiger partial charge in [0.05, 0.1) is 6.04 Å². The van der Waals surface area contributed by atoms with E-state index in [-0.39, 0.29) is 0 Å². The highest BCUT2D eigenvalue weighted by atomic mass is 32.1. The van der Waals surface area contributed by atoms with Crippen LogP contribution in [0.25, 0.3) is 0 Å². The lowest BCUT2D eigenvalue weighted by atomic mass is 9.87. The molecule has 0 fully saturated rings. The van der Waals surface area contributed by atoms with Gasteiger partial charge in [0.1, 0.15) is 5.01 Å². The van der Waals surface area contributed by atoms with E-state index in [1.807, 2.05) is 0 Å². The summed E-state index contributed by atoms with van der Waals surface area (Å²) in [5, 5.41) is 7.07. The fraction of sp³-hybridized carbons (Fsp3) is 0.438. The van der Waals surface area contributed by atoms with Crippen molar-refractivity contribution in [2.45, 2.75) is 45.2 Å². The molecule has 2 unspecified atom stereocenters. The molecule has 100 valence electrons. The Morgan fingerprint density at radius 2 is 2.21 bits per heavy atom. The predicted octanol–water partition coefficient (Wildman–Crippen LogP) is 4.18. The van der Waals surface area contributed by atoms with Gasteiger partial charge in [0.2, 0.25) is 0 Å². The summed E-state index contributed by atoms with van der Waals surface area (Å²) >= 11 is 1.75. The maximum absolute atomic E-state index is 4.59. The zero-order chi connectivity index (χ0) is 13.2. The predicted molar refractivity (Wildman–Crippen MR) is 80.5 cm³/mol. The molecular weight excluding hydrogens is 252 g/mol. The molecule has 2 atom stereocenters. The molecule has 0 amide bonds. The van der Waals surface area contributed by atoms with Gasteiger partial charge in [0, 0.05) is 17.1 Å². The number of aromatic nitrogens is 1. The Morgan fingerprint density at radius 3 is 3.00 bits per heavy atom. The monoisotopic (exact) mass is 272 g/mol. The first-order valence-corrected chi connectivity index (χ1v) is 7.88. The summed E-state index contributed by atoms with van der Waals surface area (Å²) in [7, 11) is 0. The van der Waals surface area contributed by atoms with Crippen LogP contribution in [0, 0.1) is 6.92 Å². The van der Waals surface area contributed by atoms with Gasteiger partial charge in [-0.15, -0.1) is 11.3 Å². The quantitative estimate of drug-likeness (QED) is 0.906. The lowest BCUT2D eigenvalue weighted by Gasteiger charge is -2.28. The molecule has 1 heterocycles. The van der Waals surface area contributed by atoms with Gasteiger partial charge in [-0.3, -0.25) is 0 Å². The molecule has 19 heavy (non-hydrogen) atoms. The van der Waals surface area contributed by atoms with Crippen molar-refractivity contribution in [3.05, 3.63) is 51.5 Å². The van der Waals surface area contributed by atoms with Gasteiger partial charge < -0.3 is 5.32 Å². The van der Waals surface area contributed by atoms with Crippen LogP contribution in [-0.4, -0.2) is 4.98 Å². The fourth-order valence-corrected chi connectivity index (χ4v) is 3.68. The lowest BCUT2D eigenvalue weighted by Crippen LogP contribution is -2.27. The topological polar surface area (TPSA) is 24.9 Å². The number of fused-ring (bicyclic) bond motifs is 1. The summed E-state index contributed by atoms with van der Waals surface area (Å²) in [6, 6.07) is 9.64. The van der Waals surface area contributed by atoms with Gasteiger partial charge in [-0.25, -0.2) is 4.98 Å². The standard InChI is InChI=1S/C16H20N2S/c1-11-10-19-16(17-11)12(2)18-15-9-5-7-13-6-3-4-8-14(13)15/h3-4,6,8,10,12,15,18H,5,7,9H2,1-2H3. The van der Waals surface area contributed by atoms with Gasteiger partial charge in [-0.1, -0.05) is 24.3 Å². The first kappa shape index (κ1) is 12.8. The minimum absolute atomic E-state index is 0.329. The smallest absolute Gasteiger partial charge is 0.110 e. The van der Waals surface area contributed by atoms with Crippen molar-refractivity contribution in [3.8, 4) is 0 Å². The van der Waals surface area contributed by atoms with Gasteiger partial charge >= 0.3 is 0 Å². The van der Waals surface area contributed by atoms with Crippen molar-refractivity contribution >= 4 is 11.3 Å². The number of rotatable bonds is 3. The zero-order valence-electron chi connectivity index (χ0n) is 11.5. The van der Waals surface area contributed by atoms with Crippen molar-refractivity contribution in [2.24, 2.45) is 0 Å². The van der Waals surface area contributed by atoms with E-state index in [4.69, 9.17) is 0 Å². The summed E-state index contributed by atoms with van der Waals surface area (Å²) in [5.74, 6) is 0. The Bertz CT molecular complexity index is 561. The molecule has 2 nitrogen and oxygen atoms in total. The molecule has 3 rings (SSSR count). The molecule has 3 heteroatoms. The van der Waals surface area contributed by atoms with Gasteiger partial charge in [-0.2, -0.15) is 0 Å². The number of hydrogen-bond donors (Lipinski definition) is 1. The first-order chi connectivity index (χ1) is 9.24.